The van der Waals surface area contributed by atoms with Gasteiger partial charge in [0.2, 0.25) is 12.7 Å². The fraction of sp³-hybridized carbons (Fsp3) is 0.519. The maximum Gasteiger partial charge on any atom is 0.231 e. The number of ether oxygens (including phenoxy) is 3. The average molecular weight is 516 g/mol. The van der Waals surface area contributed by atoms with Crippen LogP contribution in [0.4, 0.5) is 0 Å². The van der Waals surface area contributed by atoms with Gasteiger partial charge in [-0.2, -0.15) is 0 Å². The number of unbranched alkanes of at least 4 members (excludes halogenated alkanes) is 1. The molecule has 3 N–H and O–H groups in total. The molecule has 0 aromatic heterocycles. The summed E-state index contributed by atoms with van der Waals surface area (Å²) in [5, 5.41) is 19.5. The van der Waals surface area contributed by atoms with Crippen LogP contribution in [0.25, 0.3) is 0 Å². The average Bonchev–Trinajstić information content (AvgIpc) is 3.39. The van der Waals surface area contributed by atoms with Gasteiger partial charge in [0.05, 0.1) is 25.2 Å². The number of amides is 1. The minimum Gasteiger partial charge on any atom is -0.494 e. The van der Waals surface area contributed by atoms with Crippen LogP contribution in [0, 0.1) is 5.92 Å². The number of benzene rings is 2. The van der Waals surface area contributed by atoms with Gasteiger partial charge in [-0.1, -0.05) is 37.2 Å². The molecule has 202 valence electrons. The lowest BCUT2D eigenvalue weighted by Crippen LogP contribution is -2.52. The van der Waals surface area contributed by atoms with E-state index in [4.69, 9.17) is 24.3 Å². The highest BCUT2D eigenvalue weighted by Crippen LogP contribution is 2.33. The van der Waals surface area contributed by atoms with E-state index in [1.54, 1.807) is 10.5 Å². The normalized spacial score (nSPS) is 17.0. The minimum absolute atomic E-state index is 0.125. The Balaban J connectivity index is 1.33. The number of carbonyl (C=O) groups is 1. The first kappa shape index (κ1) is 27.2. The lowest BCUT2D eigenvalue weighted by atomic mass is 9.92. The van der Waals surface area contributed by atoms with Crippen molar-refractivity contribution >= 4 is 5.91 Å². The third kappa shape index (κ3) is 7.56. The molecule has 2 aromatic rings. The molecule has 37 heavy (non-hydrogen) atoms. The minimum atomic E-state index is -1.08. The number of aliphatic hydroxyl groups is 1. The number of rotatable bonds is 13. The molecule has 0 saturated carbocycles. The molecule has 2 atom stereocenters. The Labute approximate surface area is 217 Å². The highest BCUT2D eigenvalue weighted by molar-refractivity contribution is 5.80. The van der Waals surface area contributed by atoms with E-state index < -0.39 is 12.0 Å². The third-order valence-corrected chi connectivity index (χ3v) is 6.77. The van der Waals surface area contributed by atoms with E-state index in [9.17, 15) is 9.90 Å². The van der Waals surface area contributed by atoms with Gasteiger partial charge >= 0.3 is 0 Å². The van der Waals surface area contributed by atoms with Crippen LogP contribution in [0.3, 0.4) is 0 Å². The summed E-state index contributed by atoms with van der Waals surface area (Å²) in [4.78, 5) is 22.4. The van der Waals surface area contributed by atoms with E-state index in [0.29, 0.717) is 26.1 Å². The molecule has 10 heteroatoms. The number of hydrogen-bond acceptors (Lipinski definition) is 9. The topological polar surface area (TPSA) is 113 Å². The van der Waals surface area contributed by atoms with Crippen molar-refractivity contribution in [3.05, 3.63) is 53.6 Å². The van der Waals surface area contributed by atoms with Gasteiger partial charge in [0.15, 0.2) is 11.5 Å². The number of fused-ring (bicyclic) bond motifs is 1. The zero-order valence-corrected chi connectivity index (χ0v) is 21.3. The van der Waals surface area contributed by atoms with Crippen molar-refractivity contribution in [2.24, 2.45) is 5.92 Å². The van der Waals surface area contributed by atoms with E-state index in [2.05, 4.69) is 11.8 Å². The first-order chi connectivity index (χ1) is 18.1. The Hall–Kier alpha value is -2.89. The Bertz CT molecular complexity index is 996. The zero-order valence-electron chi connectivity index (χ0n) is 21.3. The number of aliphatic hydroxyl groups excluding tert-OH is 1. The molecule has 2 aliphatic rings. The molecule has 0 unspecified atom stereocenters. The van der Waals surface area contributed by atoms with Gasteiger partial charge in [0.1, 0.15) is 5.75 Å². The number of nitrogens with zero attached hydrogens (tertiary/aromatic N) is 2. The molecule has 10 nitrogen and oxygen atoms in total. The first-order valence-electron chi connectivity index (χ1n) is 12.9. The fourth-order valence-corrected chi connectivity index (χ4v) is 4.60. The zero-order chi connectivity index (χ0) is 26.0. The summed E-state index contributed by atoms with van der Waals surface area (Å²) in [7, 11) is 0. The van der Waals surface area contributed by atoms with Gasteiger partial charge in [0.25, 0.3) is 0 Å². The van der Waals surface area contributed by atoms with Crippen LogP contribution in [0.2, 0.25) is 0 Å². The van der Waals surface area contributed by atoms with Crippen LogP contribution >= 0.6 is 0 Å². The molecule has 2 aromatic carbocycles. The summed E-state index contributed by atoms with van der Waals surface area (Å²) < 4.78 is 16.6. The van der Waals surface area contributed by atoms with Gasteiger partial charge in [-0.25, -0.2) is 0 Å². The smallest absolute Gasteiger partial charge is 0.231 e. The maximum absolute atomic E-state index is 13.5. The van der Waals surface area contributed by atoms with Gasteiger partial charge in [-0.05, 0) is 48.2 Å². The molecular formula is C27H37N3O7. The van der Waals surface area contributed by atoms with E-state index in [-0.39, 0.29) is 19.3 Å². The van der Waals surface area contributed by atoms with Gasteiger partial charge in [0, 0.05) is 32.7 Å². The molecule has 1 amide bonds. The second-order valence-corrected chi connectivity index (χ2v) is 9.42. The summed E-state index contributed by atoms with van der Waals surface area (Å²) >= 11 is 0. The SMILES string of the molecule is CCCCOc1ccc(C[C@@H](C(=O)N2CCN(Cc3ccc4c(c3)OCO4)CC2)[C@H](O)CONO)cc1. The second-order valence-electron chi connectivity index (χ2n) is 9.42. The van der Waals surface area contributed by atoms with Crippen molar-refractivity contribution in [3.63, 3.8) is 0 Å². The van der Waals surface area contributed by atoms with Gasteiger partial charge in [-0.15, -0.1) is 0 Å². The number of carbonyl (C=O) groups excluding carboxylic acids is 1. The maximum atomic E-state index is 13.5. The Kier molecular flexibility index (Phi) is 9.98. The van der Waals surface area contributed by atoms with Crippen molar-refractivity contribution in [2.45, 2.75) is 38.8 Å². The molecule has 0 spiro atoms. The van der Waals surface area contributed by atoms with Crippen LogP contribution in [-0.2, 0) is 22.6 Å². The molecule has 4 rings (SSSR count). The van der Waals surface area contributed by atoms with Crippen LogP contribution in [0.1, 0.15) is 30.9 Å². The summed E-state index contributed by atoms with van der Waals surface area (Å²) in [6.45, 7) is 6.16. The number of piperazine rings is 1. The lowest BCUT2D eigenvalue weighted by Gasteiger charge is -2.37. The van der Waals surface area contributed by atoms with E-state index >= 15 is 0 Å². The summed E-state index contributed by atoms with van der Waals surface area (Å²) in [5.41, 5.74) is 3.64. The van der Waals surface area contributed by atoms with Gasteiger partial charge in [-0.3, -0.25) is 19.7 Å². The molecule has 0 radical (unpaired) electrons. The van der Waals surface area contributed by atoms with E-state index in [1.165, 1.54) is 0 Å². The highest BCUT2D eigenvalue weighted by atomic mass is 16.8. The van der Waals surface area contributed by atoms with Crippen molar-refractivity contribution in [1.29, 1.82) is 0 Å². The quantitative estimate of drug-likeness (QED) is 0.273. The second kappa shape index (κ2) is 13.6. The molecule has 2 heterocycles. The van der Waals surface area contributed by atoms with Crippen molar-refractivity contribution in [1.82, 2.24) is 15.4 Å². The van der Waals surface area contributed by atoms with Crippen LogP contribution in [0.5, 0.6) is 17.2 Å². The fourth-order valence-electron chi connectivity index (χ4n) is 4.60. The van der Waals surface area contributed by atoms with Crippen molar-refractivity contribution in [3.8, 4) is 17.2 Å². The van der Waals surface area contributed by atoms with Gasteiger partial charge < -0.3 is 24.2 Å². The summed E-state index contributed by atoms with van der Waals surface area (Å²) in [6.07, 6.45) is 1.32. The number of nitrogens with one attached hydrogen (secondary N) is 1. The largest absolute Gasteiger partial charge is 0.494 e. The van der Waals surface area contributed by atoms with Crippen molar-refractivity contribution < 1.29 is 34.2 Å². The third-order valence-electron chi connectivity index (χ3n) is 6.77. The van der Waals surface area contributed by atoms with Crippen LogP contribution < -0.4 is 19.9 Å². The standard InChI is InChI=1S/C27H37N3O7/c1-2-3-14-34-22-7-4-20(5-8-22)15-23(24(31)18-37-28-33)27(32)30-12-10-29(11-13-30)17-21-6-9-25-26(16-21)36-19-35-25/h4-9,16,23-24,28,31,33H,2-3,10-15,17-19H2,1H3/t23-,24-/m1/s1. The first-order valence-corrected chi connectivity index (χ1v) is 12.9. The lowest BCUT2D eigenvalue weighted by molar-refractivity contribution is -0.162. The molecule has 0 aliphatic carbocycles. The monoisotopic (exact) mass is 515 g/mol. The van der Waals surface area contributed by atoms with E-state index in [0.717, 1.165) is 60.9 Å². The predicted molar refractivity (Wildman–Crippen MR) is 135 cm³/mol. The Morgan fingerprint density at radius 2 is 1.78 bits per heavy atom. The van der Waals surface area contributed by atoms with Crippen LogP contribution in [-0.4, -0.2) is 78.3 Å². The highest BCUT2D eigenvalue weighted by Gasteiger charge is 2.33. The molecule has 2 aliphatic heterocycles. The number of hydrogen-bond donors (Lipinski definition) is 3. The van der Waals surface area contributed by atoms with E-state index in [1.807, 2.05) is 42.5 Å². The molecular weight excluding hydrogens is 478 g/mol. The Morgan fingerprint density at radius 1 is 1.05 bits per heavy atom. The molecule has 1 saturated heterocycles. The van der Waals surface area contributed by atoms with Crippen LogP contribution in [0.15, 0.2) is 42.5 Å². The van der Waals surface area contributed by atoms with Crippen molar-refractivity contribution in [2.75, 3.05) is 46.2 Å². The summed E-state index contributed by atoms with van der Waals surface area (Å²) in [5.74, 6) is 1.48. The molecule has 0 bridgehead atoms. The molecule has 1 fully saturated rings. The predicted octanol–water partition coefficient (Wildman–Crippen LogP) is 2.37. The summed E-state index contributed by atoms with van der Waals surface area (Å²) in [6, 6.07) is 13.6. The Morgan fingerprint density at radius 3 is 2.51 bits per heavy atom.